The fourth-order valence-electron chi connectivity index (χ4n) is 5.44. The molecule has 1 saturated carbocycles. The summed E-state index contributed by atoms with van der Waals surface area (Å²) in [4.78, 5) is 23.0. The molecule has 5 atom stereocenters. The molecule has 2 unspecified atom stereocenters. The molecule has 8 heteroatoms. The van der Waals surface area contributed by atoms with Crippen LogP contribution in [0.25, 0.3) is 0 Å². The minimum absolute atomic E-state index is 0.0482. The SMILES string of the molecule is CC(=O)OCc1cc(Cl)cc(OC[C@H]2[C@H](OC3CCCCO3)CC(C)[C@@H]2C/C=C\CCCC(=O)OC(C)C)c1. The highest BCUT2D eigenvalue weighted by atomic mass is 35.5. The molecule has 0 spiro atoms. The average Bonchev–Trinajstić information content (AvgIpc) is 3.16. The van der Waals surface area contributed by atoms with E-state index in [4.69, 9.17) is 35.3 Å². The molecule has 0 bridgehead atoms. The summed E-state index contributed by atoms with van der Waals surface area (Å²) in [5.41, 5.74) is 0.785. The van der Waals surface area contributed by atoms with Gasteiger partial charge in [0, 0.05) is 30.9 Å². The summed E-state index contributed by atoms with van der Waals surface area (Å²) in [6, 6.07) is 5.43. The zero-order valence-electron chi connectivity index (χ0n) is 23.9. The number of rotatable bonds is 14. The first kappa shape index (κ1) is 31.4. The number of benzene rings is 1. The fraction of sp³-hybridized carbons (Fsp3) is 0.677. The van der Waals surface area contributed by atoms with E-state index in [9.17, 15) is 9.59 Å². The van der Waals surface area contributed by atoms with Gasteiger partial charge in [0.1, 0.15) is 12.4 Å². The van der Waals surface area contributed by atoms with E-state index in [2.05, 4.69) is 19.1 Å². The van der Waals surface area contributed by atoms with E-state index in [-0.39, 0.29) is 43.0 Å². The highest BCUT2D eigenvalue weighted by molar-refractivity contribution is 6.30. The van der Waals surface area contributed by atoms with Gasteiger partial charge >= 0.3 is 11.9 Å². The Balaban J connectivity index is 1.61. The van der Waals surface area contributed by atoms with Gasteiger partial charge in [-0.05, 0) is 94.4 Å². The molecule has 2 fully saturated rings. The van der Waals surface area contributed by atoms with E-state index in [1.165, 1.54) is 6.92 Å². The molecular formula is C31H45ClO7. The molecule has 0 radical (unpaired) electrons. The average molecular weight is 565 g/mol. The molecule has 0 N–H and O–H groups in total. The van der Waals surface area contributed by atoms with Crippen LogP contribution in [0.2, 0.25) is 5.02 Å². The van der Waals surface area contributed by atoms with Crippen LogP contribution in [0.15, 0.2) is 30.4 Å². The second-order valence-electron chi connectivity index (χ2n) is 11.0. The summed E-state index contributed by atoms with van der Waals surface area (Å²) >= 11 is 6.32. The Hall–Kier alpha value is -2.09. The minimum Gasteiger partial charge on any atom is -0.493 e. The van der Waals surface area contributed by atoms with Crippen LogP contribution in [0.4, 0.5) is 0 Å². The second-order valence-corrected chi connectivity index (χ2v) is 11.5. The zero-order valence-corrected chi connectivity index (χ0v) is 24.6. The lowest BCUT2D eigenvalue weighted by Gasteiger charge is -2.30. The molecule has 218 valence electrons. The van der Waals surface area contributed by atoms with Gasteiger partial charge in [-0.2, -0.15) is 0 Å². The van der Waals surface area contributed by atoms with E-state index in [0.29, 0.717) is 35.6 Å². The number of esters is 2. The lowest BCUT2D eigenvalue weighted by Crippen LogP contribution is -2.34. The van der Waals surface area contributed by atoms with Crippen molar-refractivity contribution in [1.82, 2.24) is 0 Å². The van der Waals surface area contributed by atoms with Gasteiger partial charge in [-0.1, -0.05) is 30.7 Å². The van der Waals surface area contributed by atoms with Crippen LogP contribution in [-0.2, 0) is 35.1 Å². The molecule has 1 saturated heterocycles. The first-order valence-electron chi connectivity index (χ1n) is 14.4. The Bertz CT molecular complexity index is 941. The first-order valence-corrected chi connectivity index (χ1v) is 14.8. The molecule has 1 aliphatic heterocycles. The van der Waals surface area contributed by atoms with Crippen molar-refractivity contribution < 1.29 is 33.3 Å². The highest BCUT2D eigenvalue weighted by Crippen LogP contribution is 2.42. The molecule has 0 aromatic heterocycles. The standard InChI is InChI=1S/C31H45ClO7/c1-21(2)38-30(34)12-8-6-5-7-11-27-22(3)15-29(39-31-13-9-10-14-35-31)28(27)20-37-26-17-24(16-25(32)18-26)19-36-23(4)33/h5,7,16-18,21-22,27-29,31H,6,8-15,19-20H2,1-4H3/b7-5-/t22?,27-,28+,29+,31?/m0/s1. The van der Waals surface area contributed by atoms with Crippen LogP contribution in [-0.4, -0.2) is 43.7 Å². The van der Waals surface area contributed by atoms with Crippen LogP contribution in [0.3, 0.4) is 0 Å². The largest absolute Gasteiger partial charge is 0.493 e. The quantitative estimate of drug-likeness (QED) is 0.136. The Kier molecular flexibility index (Phi) is 13.1. The van der Waals surface area contributed by atoms with Crippen molar-refractivity contribution in [3.8, 4) is 5.75 Å². The summed E-state index contributed by atoms with van der Waals surface area (Å²) in [6.07, 6.45) is 11.3. The lowest BCUT2D eigenvalue weighted by atomic mass is 9.87. The van der Waals surface area contributed by atoms with Gasteiger partial charge in [-0.3, -0.25) is 9.59 Å². The maximum Gasteiger partial charge on any atom is 0.306 e. The van der Waals surface area contributed by atoms with Crippen molar-refractivity contribution in [2.45, 2.75) is 104 Å². The van der Waals surface area contributed by atoms with Crippen LogP contribution in [0.5, 0.6) is 5.75 Å². The Morgan fingerprint density at radius 3 is 2.69 bits per heavy atom. The van der Waals surface area contributed by atoms with Crippen LogP contribution in [0.1, 0.15) is 84.6 Å². The topological polar surface area (TPSA) is 80.3 Å². The monoisotopic (exact) mass is 564 g/mol. The third-order valence-corrected chi connectivity index (χ3v) is 7.55. The van der Waals surface area contributed by atoms with Gasteiger partial charge in [-0.25, -0.2) is 0 Å². The van der Waals surface area contributed by atoms with Crippen LogP contribution >= 0.6 is 11.6 Å². The van der Waals surface area contributed by atoms with Crippen molar-refractivity contribution in [1.29, 1.82) is 0 Å². The number of hydrogen-bond donors (Lipinski definition) is 0. The summed E-state index contributed by atoms with van der Waals surface area (Å²) in [5.74, 6) is 1.22. The first-order chi connectivity index (χ1) is 18.7. The number of unbranched alkanes of at least 4 members (excludes halogenated alkanes) is 1. The third-order valence-electron chi connectivity index (χ3n) is 7.34. The Labute approximate surface area is 238 Å². The summed E-state index contributed by atoms with van der Waals surface area (Å²) in [7, 11) is 0. The molecule has 39 heavy (non-hydrogen) atoms. The number of carbonyl (C=O) groups excluding carboxylic acids is 2. The molecular weight excluding hydrogens is 520 g/mol. The van der Waals surface area contributed by atoms with E-state index in [1.54, 1.807) is 12.1 Å². The smallest absolute Gasteiger partial charge is 0.306 e. The summed E-state index contributed by atoms with van der Waals surface area (Å²) in [6.45, 7) is 8.80. The van der Waals surface area contributed by atoms with Crippen molar-refractivity contribution in [3.05, 3.63) is 40.9 Å². The van der Waals surface area contributed by atoms with Crippen molar-refractivity contribution in [3.63, 3.8) is 0 Å². The molecule has 1 heterocycles. The maximum absolute atomic E-state index is 11.8. The number of halogens is 1. The van der Waals surface area contributed by atoms with Gasteiger partial charge in [0.25, 0.3) is 0 Å². The molecule has 3 rings (SSSR count). The Morgan fingerprint density at radius 2 is 1.97 bits per heavy atom. The highest BCUT2D eigenvalue weighted by Gasteiger charge is 2.42. The predicted octanol–water partition coefficient (Wildman–Crippen LogP) is 7.03. The van der Waals surface area contributed by atoms with Crippen molar-refractivity contribution >= 4 is 23.5 Å². The molecule has 1 aromatic carbocycles. The van der Waals surface area contributed by atoms with Gasteiger partial charge in [0.2, 0.25) is 0 Å². The summed E-state index contributed by atoms with van der Waals surface area (Å²) < 4.78 is 29.0. The number of carbonyl (C=O) groups is 2. The van der Waals surface area contributed by atoms with E-state index < -0.39 is 0 Å². The van der Waals surface area contributed by atoms with Crippen LogP contribution < -0.4 is 4.74 Å². The Morgan fingerprint density at radius 1 is 1.15 bits per heavy atom. The second kappa shape index (κ2) is 16.2. The summed E-state index contributed by atoms with van der Waals surface area (Å²) in [5, 5.41) is 0.537. The van der Waals surface area contributed by atoms with E-state index in [0.717, 1.165) is 57.1 Å². The number of hydrogen-bond acceptors (Lipinski definition) is 7. The van der Waals surface area contributed by atoms with E-state index >= 15 is 0 Å². The van der Waals surface area contributed by atoms with Crippen molar-refractivity contribution in [2.75, 3.05) is 13.2 Å². The maximum atomic E-state index is 11.8. The van der Waals surface area contributed by atoms with Crippen molar-refractivity contribution in [2.24, 2.45) is 17.8 Å². The zero-order chi connectivity index (χ0) is 28.2. The minimum atomic E-state index is -0.339. The number of ether oxygens (including phenoxy) is 5. The molecule has 2 aliphatic rings. The van der Waals surface area contributed by atoms with Crippen LogP contribution in [0, 0.1) is 17.8 Å². The predicted molar refractivity (Wildman–Crippen MR) is 150 cm³/mol. The van der Waals surface area contributed by atoms with Gasteiger partial charge in [0.05, 0.1) is 18.8 Å². The number of allylic oxidation sites excluding steroid dienone is 2. The van der Waals surface area contributed by atoms with Gasteiger partial charge < -0.3 is 23.7 Å². The molecule has 1 aliphatic carbocycles. The lowest BCUT2D eigenvalue weighted by molar-refractivity contribution is -0.197. The molecule has 7 nitrogen and oxygen atoms in total. The van der Waals surface area contributed by atoms with Gasteiger partial charge in [0.15, 0.2) is 6.29 Å². The van der Waals surface area contributed by atoms with Gasteiger partial charge in [-0.15, -0.1) is 0 Å². The normalized spacial score (nSPS) is 25.2. The fourth-order valence-corrected chi connectivity index (χ4v) is 5.69. The van der Waals surface area contributed by atoms with E-state index in [1.807, 2.05) is 19.9 Å². The molecule has 1 aromatic rings. The third kappa shape index (κ3) is 11.1. The molecule has 0 amide bonds.